The number of nitrogens with zero attached hydrogens (tertiary/aromatic N) is 2. The second-order valence-electron chi connectivity index (χ2n) is 6.25. The zero-order valence-electron chi connectivity index (χ0n) is 15.1. The Morgan fingerprint density at radius 1 is 1.29 bits per heavy atom. The number of fused-ring (bicyclic) bond motifs is 1. The van der Waals surface area contributed by atoms with Crippen molar-refractivity contribution >= 4 is 29.3 Å². The number of aryl methyl sites for hydroxylation is 1. The fourth-order valence-electron chi connectivity index (χ4n) is 3.06. The number of thiazole rings is 1. The van der Waals surface area contributed by atoms with Gasteiger partial charge in [-0.15, -0.1) is 11.3 Å². The van der Waals surface area contributed by atoms with E-state index in [9.17, 15) is 22.8 Å². The van der Waals surface area contributed by atoms with Gasteiger partial charge in [0.2, 0.25) is 5.91 Å². The van der Waals surface area contributed by atoms with E-state index in [1.165, 1.54) is 18.7 Å². The molecule has 0 saturated carbocycles. The Balaban J connectivity index is 1.74. The zero-order valence-corrected chi connectivity index (χ0v) is 15.9. The number of aromatic nitrogens is 1. The third-order valence-electron chi connectivity index (χ3n) is 4.27. The van der Waals surface area contributed by atoms with Crippen LogP contribution in [0.25, 0.3) is 6.08 Å². The van der Waals surface area contributed by atoms with Crippen LogP contribution in [0.4, 0.5) is 13.2 Å². The van der Waals surface area contributed by atoms with E-state index in [0.717, 1.165) is 22.5 Å². The summed E-state index contributed by atoms with van der Waals surface area (Å²) < 4.78 is 44.1. The first-order chi connectivity index (χ1) is 13.2. The number of carbonyl (C=O) groups is 2. The predicted octanol–water partition coefficient (Wildman–Crippen LogP) is 4.48. The Kier molecular flexibility index (Phi) is 5.55. The van der Waals surface area contributed by atoms with Crippen molar-refractivity contribution in [2.45, 2.75) is 39.1 Å². The molecule has 3 rings (SSSR count). The Labute approximate surface area is 163 Å². The third-order valence-corrected chi connectivity index (χ3v) is 5.21. The topological polar surface area (TPSA) is 59.5 Å². The van der Waals surface area contributed by atoms with Crippen LogP contribution in [0.5, 0.6) is 0 Å². The summed E-state index contributed by atoms with van der Waals surface area (Å²) in [6.45, 7) is 2.33. The van der Waals surface area contributed by atoms with Gasteiger partial charge in [-0.1, -0.05) is 24.3 Å². The van der Waals surface area contributed by atoms with E-state index in [-0.39, 0.29) is 22.2 Å². The van der Waals surface area contributed by atoms with Crippen LogP contribution in [0.1, 0.15) is 46.1 Å². The first-order valence-corrected chi connectivity index (χ1v) is 9.23. The molecule has 2 aromatic rings. The average Bonchev–Trinajstić information content (AvgIpc) is 3.01. The quantitative estimate of drug-likeness (QED) is 0.698. The first-order valence-electron chi connectivity index (χ1n) is 8.42. The van der Waals surface area contributed by atoms with E-state index in [0.29, 0.717) is 0 Å². The van der Waals surface area contributed by atoms with E-state index in [1.54, 1.807) is 24.4 Å². The lowest BCUT2D eigenvalue weighted by atomic mass is 9.94. The van der Waals surface area contributed by atoms with Crippen molar-refractivity contribution in [2.75, 3.05) is 0 Å². The van der Waals surface area contributed by atoms with Crippen molar-refractivity contribution in [1.82, 2.24) is 9.88 Å². The lowest BCUT2D eigenvalue weighted by Gasteiger charge is -2.32. The minimum atomic E-state index is -4.61. The SMILES string of the molecule is CC(=O)N1C=Cc2ccccc2[C@@H]1CC(=O)OCc1sc(C)nc1C(F)(F)F. The van der Waals surface area contributed by atoms with Gasteiger partial charge in [0.1, 0.15) is 6.61 Å². The number of esters is 1. The second kappa shape index (κ2) is 7.75. The number of hydrogen-bond acceptors (Lipinski definition) is 5. The number of carbonyl (C=O) groups excluding carboxylic acids is 2. The minimum Gasteiger partial charge on any atom is -0.460 e. The van der Waals surface area contributed by atoms with E-state index in [2.05, 4.69) is 4.98 Å². The van der Waals surface area contributed by atoms with Crippen molar-refractivity contribution in [3.05, 3.63) is 57.2 Å². The largest absolute Gasteiger partial charge is 0.460 e. The molecule has 148 valence electrons. The molecule has 1 aromatic carbocycles. The fraction of sp³-hybridized carbons (Fsp3) is 0.316. The van der Waals surface area contributed by atoms with Gasteiger partial charge in [-0.25, -0.2) is 4.98 Å². The highest BCUT2D eigenvalue weighted by molar-refractivity contribution is 7.11. The Morgan fingerprint density at radius 3 is 2.68 bits per heavy atom. The summed E-state index contributed by atoms with van der Waals surface area (Å²) in [5.41, 5.74) is 0.621. The van der Waals surface area contributed by atoms with Gasteiger partial charge >= 0.3 is 12.1 Å². The summed E-state index contributed by atoms with van der Waals surface area (Å²) in [5.74, 6) is -0.943. The molecule has 1 aliphatic rings. The molecule has 0 radical (unpaired) electrons. The van der Waals surface area contributed by atoms with Gasteiger partial charge in [0, 0.05) is 13.1 Å². The van der Waals surface area contributed by atoms with Gasteiger partial charge in [-0.05, 0) is 24.1 Å². The molecule has 0 aliphatic carbocycles. The predicted molar refractivity (Wildman–Crippen MR) is 97.0 cm³/mol. The van der Waals surface area contributed by atoms with Gasteiger partial charge < -0.3 is 9.64 Å². The maximum Gasteiger partial charge on any atom is 0.434 e. The summed E-state index contributed by atoms with van der Waals surface area (Å²) in [4.78, 5) is 29.0. The maximum atomic E-state index is 13.0. The zero-order chi connectivity index (χ0) is 20.5. The summed E-state index contributed by atoms with van der Waals surface area (Å²) in [6, 6.07) is 6.73. The van der Waals surface area contributed by atoms with Crippen LogP contribution in [-0.4, -0.2) is 21.8 Å². The van der Waals surface area contributed by atoms with Crippen molar-refractivity contribution in [3.8, 4) is 0 Å². The molecule has 0 spiro atoms. The van der Waals surface area contributed by atoms with Crippen LogP contribution >= 0.6 is 11.3 Å². The van der Waals surface area contributed by atoms with Crippen molar-refractivity contribution < 1.29 is 27.5 Å². The highest BCUT2D eigenvalue weighted by atomic mass is 32.1. The molecule has 2 heterocycles. The number of ether oxygens (including phenoxy) is 1. The number of benzene rings is 1. The Morgan fingerprint density at radius 2 is 2.00 bits per heavy atom. The molecule has 0 N–H and O–H groups in total. The van der Waals surface area contributed by atoms with Gasteiger partial charge in [0.05, 0.1) is 22.3 Å². The number of rotatable bonds is 4. The van der Waals surface area contributed by atoms with Gasteiger partial charge in [0.15, 0.2) is 5.69 Å². The molecule has 1 aromatic heterocycles. The second-order valence-corrected chi connectivity index (χ2v) is 7.54. The van der Waals surface area contributed by atoms with Crippen molar-refractivity contribution in [2.24, 2.45) is 0 Å². The average molecular weight is 410 g/mol. The lowest BCUT2D eigenvalue weighted by molar-refractivity contribution is -0.150. The first kappa shape index (κ1) is 20.1. The van der Waals surface area contributed by atoms with Gasteiger partial charge in [-0.3, -0.25) is 9.59 Å². The van der Waals surface area contributed by atoms with Crippen LogP contribution in [0.3, 0.4) is 0 Å². The number of amides is 1. The minimum absolute atomic E-state index is 0.147. The lowest BCUT2D eigenvalue weighted by Crippen LogP contribution is -2.32. The summed E-state index contributed by atoms with van der Waals surface area (Å²) in [5, 5.41) is 0.243. The molecule has 0 unspecified atom stereocenters. The molecule has 28 heavy (non-hydrogen) atoms. The summed E-state index contributed by atoms with van der Waals surface area (Å²) in [6.07, 6.45) is -1.41. The highest BCUT2D eigenvalue weighted by Crippen LogP contribution is 2.36. The molecule has 0 bridgehead atoms. The van der Waals surface area contributed by atoms with Gasteiger partial charge in [-0.2, -0.15) is 13.2 Å². The fourth-order valence-corrected chi connectivity index (χ4v) is 3.93. The standard InChI is InChI=1S/C19H17F3N2O3S/c1-11-23-18(19(20,21)22)16(28-11)10-27-17(26)9-15-14-6-4-3-5-13(14)7-8-24(15)12(2)25/h3-8,15H,9-10H2,1-2H3/t15-/m0/s1. The molecular formula is C19H17F3N2O3S. The molecule has 9 heteroatoms. The molecule has 0 saturated heterocycles. The third kappa shape index (κ3) is 4.24. The monoisotopic (exact) mass is 410 g/mol. The van der Waals surface area contributed by atoms with Gasteiger partial charge in [0.25, 0.3) is 0 Å². The Hall–Kier alpha value is -2.68. The molecule has 0 fully saturated rings. The molecule has 1 amide bonds. The van der Waals surface area contributed by atoms with Crippen LogP contribution in [0, 0.1) is 6.92 Å². The summed E-state index contributed by atoms with van der Waals surface area (Å²) >= 11 is 0.839. The summed E-state index contributed by atoms with van der Waals surface area (Å²) in [7, 11) is 0. The molecular weight excluding hydrogens is 393 g/mol. The number of halogens is 3. The van der Waals surface area contributed by atoms with Crippen LogP contribution in [0.15, 0.2) is 30.5 Å². The number of alkyl halides is 3. The number of hydrogen-bond donors (Lipinski definition) is 0. The van der Waals surface area contributed by atoms with E-state index >= 15 is 0 Å². The smallest absolute Gasteiger partial charge is 0.434 e. The van der Waals surface area contributed by atoms with Crippen molar-refractivity contribution in [1.29, 1.82) is 0 Å². The van der Waals surface area contributed by atoms with E-state index in [1.807, 2.05) is 12.1 Å². The normalized spacial score (nSPS) is 16.0. The van der Waals surface area contributed by atoms with E-state index in [4.69, 9.17) is 4.74 Å². The maximum absolute atomic E-state index is 13.0. The molecule has 1 aliphatic heterocycles. The van der Waals surface area contributed by atoms with E-state index < -0.39 is 30.5 Å². The van der Waals surface area contributed by atoms with Crippen LogP contribution < -0.4 is 0 Å². The Bertz CT molecular complexity index is 937. The van der Waals surface area contributed by atoms with Crippen LogP contribution in [-0.2, 0) is 27.1 Å². The molecule has 5 nitrogen and oxygen atoms in total. The van der Waals surface area contributed by atoms with Crippen molar-refractivity contribution in [3.63, 3.8) is 0 Å². The van der Waals surface area contributed by atoms with Crippen LogP contribution in [0.2, 0.25) is 0 Å². The highest BCUT2D eigenvalue weighted by Gasteiger charge is 2.37. The molecule has 1 atom stereocenters.